The molecule has 1 unspecified atom stereocenters. The molecule has 16 heavy (non-hydrogen) atoms. The topological polar surface area (TPSA) is 38.3 Å². The molecule has 3 nitrogen and oxygen atoms in total. The van der Waals surface area contributed by atoms with Crippen LogP contribution in [0, 0.1) is 0 Å². The molecule has 0 saturated carbocycles. The van der Waals surface area contributed by atoms with Crippen LogP contribution in [0.1, 0.15) is 32.3 Å². The average Bonchev–Trinajstić information content (AvgIpc) is 2.28. The molecule has 0 bridgehead atoms. The Morgan fingerprint density at radius 1 is 1.19 bits per heavy atom. The summed E-state index contributed by atoms with van der Waals surface area (Å²) in [5.74, 6) is 0.264. The monoisotopic (exact) mass is 221 g/mol. The highest BCUT2D eigenvalue weighted by atomic mass is 16.5. The molecule has 1 aromatic carbocycles. The minimum Gasteiger partial charge on any atom is -0.467 e. The fraction of sp³-hybridized carbons (Fsp3) is 0.462. The molecule has 1 rings (SSSR count). The van der Waals surface area contributed by atoms with E-state index in [1.165, 1.54) is 12.7 Å². The van der Waals surface area contributed by atoms with E-state index >= 15 is 0 Å². The van der Waals surface area contributed by atoms with Crippen molar-refractivity contribution in [2.45, 2.75) is 32.7 Å². The van der Waals surface area contributed by atoms with Crippen molar-refractivity contribution in [1.82, 2.24) is 0 Å². The molecule has 0 spiro atoms. The highest BCUT2D eigenvalue weighted by Gasteiger charge is 2.12. The Kier molecular flexibility index (Phi) is 4.35. The first-order chi connectivity index (χ1) is 7.54. The second-order valence-corrected chi connectivity index (χ2v) is 4.17. The quantitative estimate of drug-likeness (QED) is 0.794. The lowest BCUT2D eigenvalue weighted by atomic mass is 10.0. The molecule has 0 saturated heterocycles. The Morgan fingerprint density at radius 2 is 1.75 bits per heavy atom. The van der Waals surface area contributed by atoms with Gasteiger partial charge in [-0.25, -0.2) is 4.79 Å². The van der Waals surface area contributed by atoms with Crippen LogP contribution >= 0.6 is 0 Å². The molecule has 0 aromatic heterocycles. The third-order valence-corrected chi connectivity index (χ3v) is 2.52. The summed E-state index contributed by atoms with van der Waals surface area (Å²) in [6.45, 7) is 6.08. The normalized spacial score (nSPS) is 12.3. The van der Waals surface area contributed by atoms with E-state index in [0.717, 1.165) is 5.69 Å². The predicted molar refractivity (Wildman–Crippen MR) is 65.6 cm³/mol. The zero-order chi connectivity index (χ0) is 12.1. The van der Waals surface area contributed by atoms with E-state index in [-0.39, 0.29) is 12.0 Å². The number of nitrogens with one attached hydrogen (secondary N) is 1. The van der Waals surface area contributed by atoms with Gasteiger partial charge in [0.05, 0.1) is 7.11 Å². The van der Waals surface area contributed by atoms with E-state index in [1.807, 2.05) is 12.1 Å². The third kappa shape index (κ3) is 3.26. The second-order valence-electron chi connectivity index (χ2n) is 4.17. The van der Waals surface area contributed by atoms with Crippen LogP contribution < -0.4 is 5.32 Å². The smallest absolute Gasteiger partial charge is 0.327 e. The maximum absolute atomic E-state index is 11.2. The molecule has 1 atom stereocenters. The minimum atomic E-state index is -0.324. The molecule has 1 aromatic rings. The number of methoxy groups -OCH3 is 1. The molecular weight excluding hydrogens is 202 g/mol. The first-order valence-corrected chi connectivity index (χ1v) is 5.49. The van der Waals surface area contributed by atoms with Crippen molar-refractivity contribution in [3.05, 3.63) is 29.8 Å². The molecule has 0 aliphatic carbocycles. The van der Waals surface area contributed by atoms with Gasteiger partial charge >= 0.3 is 5.97 Å². The van der Waals surface area contributed by atoms with Crippen molar-refractivity contribution in [2.75, 3.05) is 12.4 Å². The lowest BCUT2D eigenvalue weighted by Gasteiger charge is -2.13. The van der Waals surface area contributed by atoms with Crippen molar-refractivity contribution >= 4 is 11.7 Å². The van der Waals surface area contributed by atoms with E-state index in [1.54, 1.807) is 6.92 Å². The number of esters is 1. The summed E-state index contributed by atoms with van der Waals surface area (Å²) in [6.07, 6.45) is 0. The van der Waals surface area contributed by atoms with Gasteiger partial charge < -0.3 is 10.1 Å². The molecule has 0 amide bonds. The molecular formula is C13H19NO2. The molecule has 1 N–H and O–H groups in total. The first kappa shape index (κ1) is 12.6. The van der Waals surface area contributed by atoms with Gasteiger partial charge in [0.15, 0.2) is 0 Å². The van der Waals surface area contributed by atoms with Gasteiger partial charge in [-0.3, -0.25) is 0 Å². The Bertz CT molecular complexity index is 343. The van der Waals surface area contributed by atoms with Gasteiger partial charge in [-0.15, -0.1) is 0 Å². The van der Waals surface area contributed by atoms with Gasteiger partial charge in [-0.05, 0) is 30.5 Å². The molecule has 0 aliphatic heterocycles. The second kappa shape index (κ2) is 5.54. The summed E-state index contributed by atoms with van der Waals surface area (Å²) in [6, 6.07) is 7.77. The highest BCUT2D eigenvalue weighted by molar-refractivity contribution is 5.78. The predicted octanol–water partition coefficient (Wildman–Crippen LogP) is 2.78. The number of carbonyl (C=O) groups is 1. The standard InChI is InChI=1S/C13H19NO2/c1-9(2)11-5-7-12(8-6-11)14-10(3)13(15)16-4/h5-10,14H,1-4H3. The fourth-order valence-electron chi connectivity index (χ4n) is 1.45. The summed E-state index contributed by atoms with van der Waals surface area (Å²) in [4.78, 5) is 11.2. The number of carbonyl (C=O) groups excluding carboxylic acids is 1. The van der Waals surface area contributed by atoms with E-state index in [0.29, 0.717) is 5.92 Å². The Balaban J connectivity index is 2.65. The van der Waals surface area contributed by atoms with Crippen LogP contribution in [-0.2, 0) is 9.53 Å². The molecule has 0 heterocycles. The third-order valence-electron chi connectivity index (χ3n) is 2.52. The van der Waals surface area contributed by atoms with Gasteiger partial charge in [0, 0.05) is 5.69 Å². The van der Waals surface area contributed by atoms with Crippen molar-refractivity contribution in [2.24, 2.45) is 0 Å². The maximum Gasteiger partial charge on any atom is 0.327 e. The summed E-state index contributed by atoms with van der Waals surface area (Å²) in [7, 11) is 1.39. The molecule has 0 fully saturated rings. The summed E-state index contributed by atoms with van der Waals surface area (Å²) < 4.78 is 4.64. The summed E-state index contributed by atoms with van der Waals surface area (Å²) >= 11 is 0. The van der Waals surface area contributed by atoms with Crippen molar-refractivity contribution in [1.29, 1.82) is 0 Å². The van der Waals surface area contributed by atoms with Gasteiger partial charge in [0.25, 0.3) is 0 Å². The van der Waals surface area contributed by atoms with Crippen LogP contribution in [0.4, 0.5) is 5.69 Å². The van der Waals surface area contributed by atoms with Crippen LogP contribution in [0.3, 0.4) is 0 Å². The number of hydrogen-bond acceptors (Lipinski definition) is 3. The lowest BCUT2D eigenvalue weighted by molar-refractivity contribution is -0.141. The number of anilines is 1. The van der Waals surface area contributed by atoms with E-state index in [9.17, 15) is 4.79 Å². The molecule has 0 radical (unpaired) electrons. The van der Waals surface area contributed by atoms with E-state index < -0.39 is 0 Å². The Morgan fingerprint density at radius 3 is 2.19 bits per heavy atom. The van der Waals surface area contributed by atoms with Crippen LogP contribution in [0.25, 0.3) is 0 Å². The van der Waals surface area contributed by atoms with E-state index in [4.69, 9.17) is 0 Å². The Hall–Kier alpha value is -1.51. The summed E-state index contributed by atoms with van der Waals surface area (Å²) in [5, 5.41) is 3.08. The minimum absolute atomic E-state index is 0.257. The molecule has 3 heteroatoms. The van der Waals surface area contributed by atoms with Gasteiger partial charge in [-0.1, -0.05) is 26.0 Å². The maximum atomic E-state index is 11.2. The van der Waals surface area contributed by atoms with Crippen LogP contribution in [0.5, 0.6) is 0 Å². The van der Waals surface area contributed by atoms with Crippen LogP contribution in [0.15, 0.2) is 24.3 Å². The number of benzene rings is 1. The lowest BCUT2D eigenvalue weighted by Crippen LogP contribution is -2.27. The fourth-order valence-corrected chi connectivity index (χ4v) is 1.45. The molecule has 88 valence electrons. The average molecular weight is 221 g/mol. The zero-order valence-electron chi connectivity index (χ0n) is 10.3. The van der Waals surface area contributed by atoms with Crippen molar-refractivity contribution in [3.63, 3.8) is 0 Å². The largest absolute Gasteiger partial charge is 0.467 e. The van der Waals surface area contributed by atoms with Gasteiger partial charge in [-0.2, -0.15) is 0 Å². The van der Waals surface area contributed by atoms with Crippen LogP contribution in [0.2, 0.25) is 0 Å². The number of rotatable bonds is 4. The SMILES string of the molecule is COC(=O)C(C)Nc1ccc(C(C)C)cc1. The zero-order valence-corrected chi connectivity index (χ0v) is 10.3. The number of ether oxygens (including phenoxy) is 1. The Labute approximate surface area is 96.8 Å². The highest BCUT2D eigenvalue weighted by Crippen LogP contribution is 2.17. The van der Waals surface area contributed by atoms with Gasteiger partial charge in [0.2, 0.25) is 0 Å². The van der Waals surface area contributed by atoms with Crippen molar-refractivity contribution < 1.29 is 9.53 Å². The first-order valence-electron chi connectivity index (χ1n) is 5.49. The number of hydrogen-bond donors (Lipinski definition) is 1. The van der Waals surface area contributed by atoms with Crippen molar-refractivity contribution in [3.8, 4) is 0 Å². The summed E-state index contributed by atoms with van der Waals surface area (Å²) in [5.41, 5.74) is 2.22. The van der Waals surface area contributed by atoms with E-state index in [2.05, 4.69) is 36.0 Å². The molecule has 0 aliphatic rings. The van der Waals surface area contributed by atoms with Crippen LogP contribution in [-0.4, -0.2) is 19.1 Å². The van der Waals surface area contributed by atoms with Gasteiger partial charge in [0.1, 0.15) is 6.04 Å².